The van der Waals surface area contributed by atoms with Crippen LogP contribution in [0.2, 0.25) is 0 Å². The zero-order valence-electron chi connectivity index (χ0n) is 12.9. The van der Waals surface area contributed by atoms with Crippen molar-refractivity contribution in [2.45, 2.75) is 26.2 Å². The molecule has 0 spiro atoms. The average molecular weight is 294 g/mol. The smallest absolute Gasteiger partial charge is 0.343 e. The molecule has 0 saturated carbocycles. The van der Waals surface area contributed by atoms with Crippen LogP contribution in [0.15, 0.2) is 59.2 Å². The second-order valence-corrected chi connectivity index (χ2v) is 6.34. The van der Waals surface area contributed by atoms with E-state index in [9.17, 15) is 4.79 Å². The molecule has 3 aromatic rings. The highest BCUT2D eigenvalue weighted by Crippen LogP contribution is 2.25. The highest BCUT2D eigenvalue weighted by Gasteiger charge is 2.14. The number of carbonyl (C=O) groups is 1. The largest absolute Gasteiger partial charge is 0.464 e. The molecule has 0 aliphatic carbocycles. The predicted molar refractivity (Wildman–Crippen MR) is 86.3 cm³/mol. The lowest BCUT2D eigenvalue weighted by molar-refractivity contribution is 0.0735. The van der Waals surface area contributed by atoms with Gasteiger partial charge in [-0.15, -0.1) is 0 Å². The number of hydrogen-bond donors (Lipinski definition) is 0. The topological polar surface area (TPSA) is 39.4 Å². The van der Waals surface area contributed by atoms with Crippen molar-refractivity contribution in [2.24, 2.45) is 0 Å². The fourth-order valence-corrected chi connectivity index (χ4v) is 2.28. The van der Waals surface area contributed by atoms with Gasteiger partial charge >= 0.3 is 5.97 Å². The Morgan fingerprint density at radius 3 is 2.41 bits per heavy atom. The highest BCUT2D eigenvalue weighted by atomic mass is 16.5. The summed E-state index contributed by atoms with van der Waals surface area (Å²) in [6.07, 6.45) is 1.60. The van der Waals surface area contributed by atoms with Gasteiger partial charge in [0.25, 0.3) is 0 Å². The molecule has 0 atom stereocenters. The summed E-state index contributed by atoms with van der Waals surface area (Å²) in [4.78, 5) is 12.2. The van der Waals surface area contributed by atoms with E-state index in [1.54, 1.807) is 24.5 Å². The molecule has 0 unspecified atom stereocenters. The standard InChI is InChI=1S/C19H18O3/c1-19(2,3)15-5-7-16(8-6-15)22-18(20)14-4-9-17-13(12-14)10-11-21-17/h4-12H,1-3H3. The summed E-state index contributed by atoms with van der Waals surface area (Å²) in [7, 11) is 0. The van der Waals surface area contributed by atoms with Gasteiger partial charge in [-0.2, -0.15) is 0 Å². The van der Waals surface area contributed by atoms with Crippen LogP contribution in [-0.4, -0.2) is 5.97 Å². The van der Waals surface area contributed by atoms with Crippen LogP contribution >= 0.6 is 0 Å². The van der Waals surface area contributed by atoms with Crippen molar-refractivity contribution in [2.75, 3.05) is 0 Å². The van der Waals surface area contributed by atoms with Crippen molar-refractivity contribution in [3.63, 3.8) is 0 Å². The number of fused-ring (bicyclic) bond motifs is 1. The van der Waals surface area contributed by atoms with Gasteiger partial charge in [0.05, 0.1) is 11.8 Å². The molecular formula is C19H18O3. The first kappa shape index (κ1) is 14.4. The number of carbonyl (C=O) groups excluding carboxylic acids is 1. The van der Waals surface area contributed by atoms with Gasteiger partial charge in [0.2, 0.25) is 0 Å². The number of ether oxygens (including phenoxy) is 1. The fraction of sp³-hybridized carbons (Fsp3) is 0.211. The Kier molecular flexibility index (Phi) is 3.49. The molecule has 0 radical (unpaired) electrons. The Morgan fingerprint density at radius 2 is 1.73 bits per heavy atom. The maximum atomic E-state index is 12.2. The number of rotatable bonds is 2. The molecule has 0 amide bonds. The fourth-order valence-electron chi connectivity index (χ4n) is 2.28. The van der Waals surface area contributed by atoms with Crippen molar-refractivity contribution >= 4 is 16.9 Å². The number of esters is 1. The first-order valence-corrected chi connectivity index (χ1v) is 7.23. The van der Waals surface area contributed by atoms with E-state index in [4.69, 9.17) is 9.15 Å². The summed E-state index contributed by atoms with van der Waals surface area (Å²) in [6.45, 7) is 6.44. The van der Waals surface area contributed by atoms with Crippen LogP contribution in [0, 0.1) is 0 Å². The summed E-state index contributed by atoms with van der Waals surface area (Å²) in [5, 5.41) is 0.887. The van der Waals surface area contributed by atoms with E-state index >= 15 is 0 Å². The molecule has 0 aliphatic rings. The minimum absolute atomic E-state index is 0.0782. The second-order valence-electron chi connectivity index (χ2n) is 6.34. The van der Waals surface area contributed by atoms with Crippen molar-refractivity contribution in [3.05, 3.63) is 65.9 Å². The van der Waals surface area contributed by atoms with Crippen molar-refractivity contribution < 1.29 is 13.9 Å². The second kappa shape index (κ2) is 5.34. The van der Waals surface area contributed by atoms with Gasteiger partial charge in [-0.05, 0) is 47.4 Å². The molecule has 112 valence electrons. The Bertz CT molecular complexity index is 805. The van der Waals surface area contributed by atoms with Gasteiger partial charge in [0, 0.05) is 5.39 Å². The molecule has 2 aromatic carbocycles. The molecule has 22 heavy (non-hydrogen) atoms. The minimum Gasteiger partial charge on any atom is -0.464 e. The van der Waals surface area contributed by atoms with E-state index in [0.717, 1.165) is 11.0 Å². The lowest BCUT2D eigenvalue weighted by atomic mass is 9.87. The quantitative estimate of drug-likeness (QED) is 0.496. The maximum Gasteiger partial charge on any atom is 0.343 e. The van der Waals surface area contributed by atoms with Crippen LogP contribution < -0.4 is 4.74 Å². The zero-order chi connectivity index (χ0) is 15.7. The molecule has 0 bridgehead atoms. The van der Waals surface area contributed by atoms with Crippen LogP contribution in [0.4, 0.5) is 0 Å². The Labute approximate surface area is 129 Å². The molecule has 1 aromatic heterocycles. The molecule has 3 heteroatoms. The highest BCUT2D eigenvalue weighted by molar-refractivity contribution is 5.95. The third-order valence-corrected chi connectivity index (χ3v) is 3.62. The first-order chi connectivity index (χ1) is 10.4. The van der Waals surface area contributed by atoms with E-state index in [1.165, 1.54) is 5.56 Å². The summed E-state index contributed by atoms with van der Waals surface area (Å²) < 4.78 is 10.7. The van der Waals surface area contributed by atoms with Gasteiger partial charge in [0.1, 0.15) is 11.3 Å². The van der Waals surface area contributed by atoms with Crippen LogP contribution in [0.25, 0.3) is 11.0 Å². The van der Waals surface area contributed by atoms with Crippen molar-refractivity contribution in [1.82, 2.24) is 0 Å². The van der Waals surface area contributed by atoms with Crippen LogP contribution in [-0.2, 0) is 5.41 Å². The van der Waals surface area contributed by atoms with Gasteiger partial charge in [-0.3, -0.25) is 0 Å². The molecule has 0 N–H and O–H groups in total. The Hall–Kier alpha value is -2.55. The predicted octanol–water partition coefficient (Wildman–Crippen LogP) is 4.95. The Morgan fingerprint density at radius 1 is 1.00 bits per heavy atom. The van der Waals surface area contributed by atoms with Crippen LogP contribution in [0.5, 0.6) is 5.75 Å². The lowest BCUT2D eigenvalue weighted by Gasteiger charge is -2.19. The normalized spacial score (nSPS) is 11.6. The zero-order valence-corrected chi connectivity index (χ0v) is 12.9. The van der Waals surface area contributed by atoms with Crippen molar-refractivity contribution in [3.8, 4) is 5.75 Å². The summed E-state index contributed by atoms with van der Waals surface area (Å²) >= 11 is 0. The van der Waals surface area contributed by atoms with E-state index in [-0.39, 0.29) is 11.4 Å². The molecule has 3 rings (SSSR count). The van der Waals surface area contributed by atoms with E-state index in [0.29, 0.717) is 11.3 Å². The summed E-state index contributed by atoms with van der Waals surface area (Å²) in [6, 6.07) is 14.7. The SMILES string of the molecule is CC(C)(C)c1ccc(OC(=O)c2ccc3occc3c2)cc1. The third-order valence-electron chi connectivity index (χ3n) is 3.62. The molecule has 0 fully saturated rings. The number of hydrogen-bond acceptors (Lipinski definition) is 3. The summed E-state index contributed by atoms with van der Waals surface area (Å²) in [5.41, 5.74) is 2.54. The molecule has 1 heterocycles. The molecule has 3 nitrogen and oxygen atoms in total. The molecular weight excluding hydrogens is 276 g/mol. The number of furan rings is 1. The Balaban J connectivity index is 1.78. The van der Waals surface area contributed by atoms with Gasteiger partial charge in [-0.1, -0.05) is 32.9 Å². The van der Waals surface area contributed by atoms with E-state index < -0.39 is 0 Å². The molecule has 0 saturated heterocycles. The maximum absolute atomic E-state index is 12.2. The minimum atomic E-state index is -0.369. The summed E-state index contributed by atoms with van der Waals surface area (Å²) in [5.74, 6) is 0.178. The lowest BCUT2D eigenvalue weighted by Crippen LogP contribution is -2.11. The molecule has 0 aliphatic heterocycles. The van der Waals surface area contributed by atoms with Gasteiger partial charge < -0.3 is 9.15 Å². The van der Waals surface area contributed by atoms with Crippen LogP contribution in [0.1, 0.15) is 36.7 Å². The number of benzene rings is 2. The van der Waals surface area contributed by atoms with Gasteiger partial charge in [0.15, 0.2) is 0 Å². The van der Waals surface area contributed by atoms with Gasteiger partial charge in [-0.25, -0.2) is 4.79 Å². The van der Waals surface area contributed by atoms with Crippen LogP contribution in [0.3, 0.4) is 0 Å². The monoisotopic (exact) mass is 294 g/mol. The van der Waals surface area contributed by atoms with E-state index in [1.807, 2.05) is 30.3 Å². The third kappa shape index (κ3) is 2.89. The van der Waals surface area contributed by atoms with Crippen molar-refractivity contribution in [1.29, 1.82) is 0 Å². The first-order valence-electron chi connectivity index (χ1n) is 7.23. The van der Waals surface area contributed by atoms with E-state index in [2.05, 4.69) is 20.8 Å². The average Bonchev–Trinajstić information content (AvgIpc) is 2.94.